The van der Waals surface area contributed by atoms with Crippen molar-refractivity contribution in [3.63, 3.8) is 0 Å². The van der Waals surface area contributed by atoms with E-state index in [1.807, 2.05) is 153 Å². The predicted octanol–water partition coefficient (Wildman–Crippen LogP) is 11.1. The van der Waals surface area contributed by atoms with Crippen LogP contribution in [0.2, 0.25) is 0 Å². The molecule has 5 aromatic rings. The minimum absolute atomic E-state index is 0.101. The second kappa shape index (κ2) is 25.5. The fourth-order valence-corrected chi connectivity index (χ4v) is 14.3. The zero-order valence-corrected chi connectivity index (χ0v) is 40.4. The highest BCUT2D eigenvalue weighted by molar-refractivity contribution is 8.77. The Morgan fingerprint density at radius 1 is 0.694 bits per heavy atom. The number of amidine groups is 2. The number of aromatic nitrogens is 1. The Labute approximate surface area is 390 Å². The first-order valence-electron chi connectivity index (χ1n) is 21.1. The molecule has 330 valence electrons. The number of anilines is 1. The molecule has 0 radical (unpaired) electrons. The van der Waals surface area contributed by atoms with Crippen LogP contribution in [0, 0.1) is 0 Å². The summed E-state index contributed by atoms with van der Waals surface area (Å²) in [5.74, 6) is 3.76. The van der Waals surface area contributed by atoms with Crippen LogP contribution in [0.25, 0.3) is 5.69 Å². The van der Waals surface area contributed by atoms with Gasteiger partial charge in [0.2, 0.25) is 11.8 Å². The van der Waals surface area contributed by atoms with Crippen LogP contribution in [-0.4, -0.2) is 64.2 Å². The molecule has 62 heavy (non-hydrogen) atoms. The third-order valence-electron chi connectivity index (χ3n) is 10.3. The number of aliphatic imine (C=N–C) groups is 2. The summed E-state index contributed by atoms with van der Waals surface area (Å²) in [5.41, 5.74) is 18.0. The topological polar surface area (TPSA) is 143 Å². The molecule has 3 aromatic heterocycles. The number of unbranched alkanes of at least 4 members (excludes halogenated alkanes) is 2. The summed E-state index contributed by atoms with van der Waals surface area (Å²) in [6, 6.07) is 23.8. The minimum Gasteiger partial charge on any atom is -0.383 e. The van der Waals surface area contributed by atoms with E-state index in [2.05, 4.69) is 30.1 Å². The number of nitrogens with one attached hydrogen (secondary N) is 2. The number of nitrogens with zero attached hydrogens (tertiary/aromatic N) is 4. The molecular formula is C46H58N8O2S6. The Morgan fingerprint density at radius 2 is 1.21 bits per heavy atom. The summed E-state index contributed by atoms with van der Waals surface area (Å²) < 4.78 is 2.05. The van der Waals surface area contributed by atoms with E-state index in [0.717, 1.165) is 79.8 Å². The molecular weight excluding hydrogens is 889 g/mol. The molecule has 2 amide bonds. The Hall–Kier alpha value is -3.80. The first-order valence-corrected chi connectivity index (χ1v) is 27.7. The summed E-state index contributed by atoms with van der Waals surface area (Å²) >= 11 is 3.14. The summed E-state index contributed by atoms with van der Waals surface area (Å²) in [6.45, 7) is 0.952. The molecule has 0 spiro atoms. The fourth-order valence-electron chi connectivity index (χ4n) is 6.99. The lowest BCUT2D eigenvalue weighted by Crippen LogP contribution is -2.24. The second-order valence-corrected chi connectivity index (χ2v) is 22.7. The number of hydrogen-bond acceptors (Lipinski definition) is 11. The van der Waals surface area contributed by atoms with Crippen molar-refractivity contribution in [2.45, 2.75) is 87.8 Å². The van der Waals surface area contributed by atoms with Gasteiger partial charge in [0.05, 0.1) is 26.8 Å². The van der Waals surface area contributed by atoms with Gasteiger partial charge in [-0.05, 0) is 121 Å². The van der Waals surface area contributed by atoms with E-state index in [0.29, 0.717) is 37.6 Å². The Bertz CT molecular complexity index is 2180. The number of benzene rings is 2. The van der Waals surface area contributed by atoms with Crippen LogP contribution in [0.1, 0.15) is 85.1 Å². The highest BCUT2D eigenvalue weighted by Gasteiger charge is 2.17. The van der Waals surface area contributed by atoms with Crippen molar-refractivity contribution in [2.24, 2.45) is 21.5 Å². The van der Waals surface area contributed by atoms with Gasteiger partial charge in [-0.25, -0.2) is 9.98 Å². The van der Waals surface area contributed by atoms with Crippen molar-refractivity contribution in [1.82, 2.24) is 15.2 Å². The maximum absolute atomic E-state index is 12.5. The van der Waals surface area contributed by atoms with Crippen LogP contribution < -0.4 is 27.0 Å². The summed E-state index contributed by atoms with van der Waals surface area (Å²) in [7, 11) is 12.0. The molecule has 10 nitrogen and oxygen atoms in total. The van der Waals surface area contributed by atoms with E-state index in [4.69, 9.17) is 11.5 Å². The fraction of sp³-hybridized carbons (Fsp3) is 0.391. The summed E-state index contributed by atoms with van der Waals surface area (Å²) in [6.07, 6.45) is 14.4. The molecule has 2 saturated heterocycles. The molecule has 5 heterocycles. The molecule has 2 aliphatic rings. The third-order valence-corrected chi connectivity index (χ3v) is 18.1. The van der Waals surface area contributed by atoms with E-state index in [9.17, 15) is 9.59 Å². The third kappa shape index (κ3) is 15.5. The molecule has 16 heteroatoms. The van der Waals surface area contributed by atoms with Crippen molar-refractivity contribution in [3.05, 3.63) is 117 Å². The van der Waals surface area contributed by atoms with Gasteiger partial charge in [0.1, 0.15) is 11.7 Å². The molecule has 0 bridgehead atoms. The van der Waals surface area contributed by atoms with Gasteiger partial charge in [0, 0.05) is 80.1 Å². The average Bonchev–Trinajstić information content (AvgIpc) is 4.13. The minimum atomic E-state index is 0.101. The van der Waals surface area contributed by atoms with Crippen molar-refractivity contribution >= 4 is 106 Å². The van der Waals surface area contributed by atoms with Crippen LogP contribution in [0.5, 0.6) is 0 Å². The van der Waals surface area contributed by atoms with Crippen LogP contribution >= 0.6 is 65.8 Å². The lowest BCUT2D eigenvalue weighted by molar-refractivity contribution is -0.122. The maximum atomic E-state index is 12.5. The van der Waals surface area contributed by atoms with Crippen molar-refractivity contribution in [1.29, 1.82) is 0 Å². The van der Waals surface area contributed by atoms with Gasteiger partial charge < -0.3 is 31.6 Å². The molecule has 7 rings (SSSR count). The van der Waals surface area contributed by atoms with E-state index in [-0.39, 0.29) is 11.8 Å². The monoisotopic (exact) mass is 946 g/mol. The maximum Gasteiger partial charge on any atom is 0.220 e. The number of thiophene rings is 2. The summed E-state index contributed by atoms with van der Waals surface area (Å²) in [4.78, 5) is 37.9. The molecule has 0 saturated carbocycles. The number of nitrogens with two attached hydrogens (primary N) is 2. The molecule has 2 unspecified atom stereocenters. The Morgan fingerprint density at radius 3 is 1.69 bits per heavy atom. The zero-order chi connectivity index (χ0) is 43.5. The highest BCUT2D eigenvalue weighted by atomic mass is 33.1. The van der Waals surface area contributed by atoms with Gasteiger partial charge in [0.25, 0.3) is 0 Å². The standard InChI is InChI=1S/C24H28N4OS3.C22H30N4OS3/c25-24(22-7-5-14-30-22)27-19-9-10-21(28-12-3-4-13-28)18(16-19)17-26-23(29)8-2-1-6-20-11-15-31-32-20;1-26(2)19-10-9-17(25-22(23)20-7-5-12-28-20)14-16(19)15-24-21(27)8-4-3-6-18-11-13-29-30-18/h3-5,7,9-10,12-14,16,20H,1-2,6,8,11,15,17H2,(H2,25,27)(H,26,29);5,7,9-10,12,14,18H,3-4,6,8,11,13,15H2,1-2H3,(H2,23,25)(H,24,27). The number of rotatable bonds is 20. The van der Waals surface area contributed by atoms with Crippen LogP contribution in [-0.2, 0) is 22.7 Å². The lowest BCUT2D eigenvalue weighted by atomic mass is 10.1. The lowest BCUT2D eigenvalue weighted by Gasteiger charge is -2.18. The van der Waals surface area contributed by atoms with E-state index >= 15 is 0 Å². The molecule has 2 fully saturated rings. The molecule has 2 aromatic carbocycles. The molecule has 6 N–H and O–H groups in total. The van der Waals surface area contributed by atoms with Crippen LogP contribution in [0.3, 0.4) is 0 Å². The van der Waals surface area contributed by atoms with Crippen molar-refractivity contribution in [2.75, 3.05) is 30.5 Å². The molecule has 0 aliphatic carbocycles. The normalized spacial score (nSPS) is 16.5. The second-order valence-electron chi connectivity index (χ2n) is 15.3. The van der Waals surface area contributed by atoms with Gasteiger partial charge in [-0.2, -0.15) is 0 Å². The van der Waals surface area contributed by atoms with Gasteiger partial charge >= 0.3 is 0 Å². The Kier molecular flexibility index (Phi) is 19.6. The SMILES string of the molecule is CN(C)c1ccc(N=C(N)c2cccs2)cc1CNC(=O)CCCCC1CCSS1.NC(=Nc1ccc(-n2cccc2)c(CNC(=O)CCCCC2CCSS2)c1)c1cccs1. The van der Waals surface area contributed by atoms with Crippen molar-refractivity contribution in [3.8, 4) is 5.69 Å². The summed E-state index contributed by atoms with van der Waals surface area (Å²) in [5, 5.41) is 11.7. The number of hydrogen-bond donors (Lipinski definition) is 4. The van der Waals surface area contributed by atoms with Crippen molar-refractivity contribution < 1.29 is 9.59 Å². The average molecular weight is 947 g/mol. The quantitative estimate of drug-likeness (QED) is 0.0259. The zero-order valence-electron chi connectivity index (χ0n) is 35.5. The predicted molar refractivity (Wildman–Crippen MR) is 273 cm³/mol. The van der Waals surface area contributed by atoms with Gasteiger partial charge in [-0.3, -0.25) is 9.59 Å². The number of amides is 2. The first kappa shape index (κ1) is 47.7. The van der Waals surface area contributed by atoms with E-state index in [1.54, 1.807) is 22.7 Å². The largest absolute Gasteiger partial charge is 0.383 e. The van der Waals surface area contributed by atoms with Crippen LogP contribution in [0.4, 0.5) is 17.1 Å². The molecule has 2 atom stereocenters. The number of carbonyl (C=O) groups is 2. The van der Waals surface area contributed by atoms with Gasteiger partial charge in [-0.1, -0.05) is 68.1 Å². The molecule has 2 aliphatic heterocycles. The smallest absolute Gasteiger partial charge is 0.220 e. The van der Waals surface area contributed by atoms with Gasteiger partial charge in [-0.15, -0.1) is 22.7 Å². The van der Waals surface area contributed by atoms with Gasteiger partial charge in [0.15, 0.2) is 0 Å². The first-order chi connectivity index (χ1) is 30.2. The Balaban J connectivity index is 0.000000207. The highest BCUT2D eigenvalue weighted by Crippen LogP contribution is 2.40. The number of carbonyl (C=O) groups excluding carboxylic acids is 2. The van der Waals surface area contributed by atoms with E-state index < -0.39 is 0 Å². The van der Waals surface area contributed by atoms with Crippen LogP contribution in [0.15, 0.2) is 106 Å². The van der Waals surface area contributed by atoms with E-state index in [1.165, 1.54) is 37.2 Å².